The maximum atomic E-state index is 5.54. The molecule has 2 nitrogen and oxygen atoms in total. The summed E-state index contributed by atoms with van der Waals surface area (Å²) >= 11 is 1.98. The third-order valence-corrected chi connectivity index (χ3v) is 5.59. The van der Waals surface area contributed by atoms with Gasteiger partial charge in [0.25, 0.3) is 0 Å². The number of hydrogen-bond acceptors (Lipinski definition) is 3. The van der Waals surface area contributed by atoms with Crippen molar-refractivity contribution in [3.05, 3.63) is 23.3 Å². The number of thioether (sulfide) groups is 1. The monoisotopic (exact) mass is 263 g/mol. The van der Waals surface area contributed by atoms with Gasteiger partial charge in [-0.15, -0.1) is 11.8 Å². The number of ether oxygens (including phenoxy) is 1. The number of benzene rings is 1. The lowest BCUT2D eigenvalue weighted by atomic mass is 9.78. The van der Waals surface area contributed by atoms with E-state index in [1.165, 1.54) is 54.1 Å². The highest BCUT2D eigenvalue weighted by Crippen LogP contribution is 2.45. The number of fused-ring (bicyclic) bond motifs is 1. The van der Waals surface area contributed by atoms with Crippen LogP contribution in [0, 0.1) is 12.3 Å². The van der Waals surface area contributed by atoms with Crippen molar-refractivity contribution in [1.82, 2.24) is 5.32 Å². The zero-order valence-electron chi connectivity index (χ0n) is 11.2. The van der Waals surface area contributed by atoms with Crippen LogP contribution in [-0.2, 0) is 6.42 Å². The van der Waals surface area contributed by atoms with E-state index in [4.69, 9.17) is 4.74 Å². The molecular weight excluding hydrogens is 242 g/mol. The molecule has 1 spiro atoms. The van der Waals surface area contributed by atoms with Gasteiger partial charge in [-0.05, 0) is 61.1 Å². The quantitative estimate of drug-likeness (QED) is 0.841. The van der Waals surface area contributed by atoms with Gasteiger partial charge in [-0.1, -0.05) is 6.07 Å². The van der Waals surface area contributed by atoms with Gasteiger partial charge < -0.3 is 10.1 Å². The number of hydrogen-bond donors (Lipinski definition) is 1. The molecule has 0 saturated carbocycles. The molecule has 98 valence electrons. The molecule has 2 heterocycles. The molecular formula is C15H21NOS. The molecule has 2 aliphatic rings. The van der Waals surface area contributed by atoms with E-state index in [0.29, 0.717) is 5.41 Å². The summed E-state index contributed by atoms with van der Waals surface area (Å²) in [5.41, 5.74) is 3.45. The molecule has 1 N–H and O–H groups in total. The van der Waals surface area contributed by atoms with Gasteiger partial charge in [-0.25, -0.2) is 0 Å². The fourth-order valence-corrected chi connectivity index (χ4v) is 4.68. The van der Waals surface area contributed by atoms with Crippen molar-refractivity contribution in [2.24, 2.45) is 5.41 Å². The highest BCUT2D eigenvalue weighted by atomic mass is 32.2. The number of rotatable bonds is 1. The summed E-state index contributed by atoms with van der Waals surface area (Å²) in [6.07, 6.45) is 3.86. The molecule has 0 bridgehead atoms. The van der Waals surface area contributed by atoms with E-state index in [0.717, 1.165) is 5.75 Å². The van der Waals surface area contributed by atoms with E-state index >= 15 is 0 Å². The third-order valence-electron chi connectivity index (χ3n) is 4.44. The standard InChI is InChI=1S/C15H21NOS/c1-11-3-4-13(17-2)14-12(11)9-15(6-8-18-14)5-7-16-10-15/h3-4,16H,5-10H2,1-2H3. The lowest BCUT2D eigenvalue weighted by Gasteiger charge is -2.27. The Balaban J connectivity index is 2.03. The number of aryl methyl sites for hydroxylation is 1. The van der Waals surface area contributed by atoms with Gasteiger partial charge in [0.15, 0.2) is 0 Å². The summed E-state index contributed by atoms with van der Waals surface area (Å²) in [4.78, 5) is 1.39. The van der Waals surface area contributed by atoms with E-state index in [2.05, 4.69) is 24.4 Å². The molecule has 1 saturated heterocycles. The van der Waals surface area contributed by atoms with Crippen LogP contribution < -0.4 is 10.1 Å². The van der Waals surface area contributed by atoms with Crippen molar-refractivity contribution in [3.8, 4) is 5.75 Å². The summed E-state index contributed by atoms with van der Waals surface area (Å²) in [5.74, 6) is 2.28. The Morgan fingerprint density at radius 1 is 1.33 bits per heavy atom. The van der Waals surface area contributed by atoms with Crippen LogP contribution in [0.4, 0.5) is 0 Å². The van der Waals surface area contributed by atoms with Crippen LogP contribution in [0.15, 0.2) is 17.0 Å². The summed E-state index contributed by atoms with van der Waals surface area (Å²) in [6, 6.07) is 4.33. The van der Waals surface area contributed by atoms with Crippen molar-refractivity contribution in [3.63, 3.8) is 0 Å². The maximum Gasteiger partial charge on any atom is 0.132 e. The lowest BCUT2D eigenvalue weighted by Crippen LogP contribution is -2.27. The molecule has 1 aromatic rings. The van der Waals surface area contributed by atoms with Gasteiger partial charge in [0.1, 0.15) is 5.75 Å². The lowest BCUT2D eigenvalue weighted by molar-refractivity contribution is 0.309. The van der Waals surface area contributed by atoms with Crippen molar-refractivity contribution < 1.29 is 4.74 Å². The second-order valence-electron chi connectivity index (χ2n) is 5.59. The molecule has 0 aliphatic carbocycles. The Bertz CT molecular complexity index is 452. The number of nitrogens with one attached hydrogen (secondary N) is 1. The molecule has 3 rings (SSSR count). The van der Waals surface area contributed by atoms with Crippen LogP contribution >= 0.6 is 11.8 Å². The largest absolute Gasteiger partial charge is 0.496 e. The minimum atomic E-state index is 0.495. The Kier molecular flexibility index (Phi) is 3.29. The van der Waals surface area contributed by atoms with Crippen LogP contribution in [0.5, 0.6) is 5.75 Å². The molecule has 0 amide bonds. The Labute approximate surface area is 113 Å². The zero-order chi connectivity index (χ0) is 12.6. The first-order valence-corrected chi connectivity index (χ1v) is 7.73. The summed E-state index contributed by atoms with van der Waals surface area (Å²) < 4.78 is 5.54. The van der Waals surface area contributed by atoms with Gasteiger partial charge in [0, 0.05) is 6.54 Å². The minimum Gasteiger partial charge on any atom is -0.496 e. The second-order valence-corrected chi connectivity index (χ2v) is 6.70. The average Bonchev–Trinajstić information content (AvgIpc) is 2.72. The summed E-state index contributed by atoms with van der Waals surface area (Å²) in [6.45, 7) is 4.60. The predicted octanol–water partition coefficient (Wildman–Crippen LogP) is 3.02. The Morgan fingerprint density at radius 3 is 2.94 bits per heavy atom. The molecule has 1 atom stereocenters. The zero-order valence-corrected chi connectivity index (χ0v) is 12.0. The first kappa shape index (κ1) is 12.4. The van der Waals surface area contributed by atoms with Crippen molar-refractivity contribution in [2.75, 3.05) is 26.0 Å². The predicted molar refractivity (Wildman–Crippen MR) is 76.7 cm³/mol. The third kappa shape index (κ3) is 2.04. The highest BCUT2D eigenvalue weighted by molar-refractivity contribution is 7.99. The van der Waals surface area contributed by atoms with Crippen LogP contribution in [0.25, 0.3) is 0 Å². The fourth-order valence-electron chi connectivity index (χ4n) is 3.24. The summed E-state index contributed by atoms with van der Waals surface area (Å²) in [5, 5.41) is 3.55. The van der Waals surface area contributed by atoms with Crippen molar-refractivity contribution in [2.45, 2.75) is 31.1 Å². The van der Waals surface area contributed by atoms with E-state index in [9.17, 15) is 0 Å². The summed E-state index contributed by atoms with van der Waals surface area (Å²) in [7, 11) is 1.78. The van der Waals surface area contributed by atoms with Crippen LogP contribution in [0.2, 0.25) is 0 Å². The molecule has 0 aromatic heterocycles. The average molecular weight is 263 g/mol. The maximum absolute atomic E-state index is 5.54. The van der Waals surface area contributed by atoms with E-state index in [-0.39, 0.29) is 0 Å². The van der Waals surface area contributed by atoms with E-state index in [1.807, 2.05) is 11.8 Å². The van der Waals surface area contributed by atoms with Gasteiger partial charge in [-0.2, -0.15) is 0 Å². The second kappa shape index (κ2) is 4.78. The normalized spacial score (nSPS) is 27.0. The van der Waals surface area contributed by atoms with Crippen LogP contribution in [0.3, 0.4) is 0 Å². The van der Waals surface area contributed by atoms with Crippen LogP contribution in [-0.4, -0.2) is 26.0 Å². The van der Waals surface area contributed by atoms with E-state index < -0.39 is 0 Å². The van der Waals surface area contributed by atoms with Crippen molar-refractivity contribution >= 4 is 11.8 Å². The first-order valence-electron chi connectivity index (χ1n) is 6.74. The molecule has 1 fully saturated rings. The van der Waals surface area contributed by atoms with Crippen LogP contribution in [0.1, 0.15) is 24.0 Å². The van der Waals surface area contributed by atoms with Gasteiger partial charge in [0.2, 0.25) is 0 Å². The highest BCUT2D eigenvalue weighted by Gasteiger charge is 2.36. The van der Waals surface area contributed by atoms with Crippen molar-refractivity contribution in [1.29, 1.82) is 0 Å². The molecule has 3 heteroatoms. The topological polar surface area (TPSA) is 21.3 Å². The first-order chi connectivity index (χ1) is 8.74. The van der Waals surface area contributed by atoms with Gasteiger partial charge in [-0.3, -0.25) is 0 Å². The molecule has 1 aromatic carbocycles. The van der Waals surface area contributed by atoms with Gasteiger partial charge in [0.05, 0.1) is 12.0 Å². The fraction of sp³-hybridized carbons (Fsp3) is 0.600. The minimum absolute atomic E-state index is 0.495. The Hall–Kier alpha value is -0.670. The van der Waals surface area contributed by atoms with Gasteiger partial charge >= 0.3 is 0 Å². The Morgan fingerprint density at radius 2 is 2.22 bits per heavy atom. The molecule has 18 heavy (non-hydrogen) atoms. The molecule has 2 aliphatic heterocycles. The smallest absolute Gasteiger partial charge is 0.132 e. The van der Waals surface area contributed by atoms with E-state index in [1.54, 1.807) is 7.11 Å². The molecule has 1 unspecified atom stereocenters. The number of methoxy groups -OCH3 is 1. The SMILES string of the molecule is COc1ccc(C)c2c1SCCC1(CCNC1)C2. The molecule has 0 radical (unpaired) electrons.